The molecule has 0 aromatic heterocycles. The van der Waals surface area contributed by atoms with Crippen molar-refractivity contribution >= 4 is 29.0 Å². The Bertz CT molecular complexity index is 669. The number of hydrogen-bond donors (Lipinski definition) is 0. The molecular weight excluding hydrogens is 330 g/mol. The van der Waals surface area contributed by atoms with E-state index < -0.39 is 5.91 Å². The van der Waals surface area contributed by atoms with E-state index in [4.69, 9.17) is 21.1 Å². The van der Waals surface area contributed by atoms with Crippen molar-refractivity contribution in [3.63, 3.8) is 0 Å². The molecule has 1 aliphatic heterocycles. The molecule has 0 saturated heterocycles. The lowest BCUT2D eigenvalue weighted by Crippen LogP contribution is -2.32. The van der Waals surface area contributed by atoms with Gasteiger partial charge in [0.2, 0.25) is 0 Å². The van der Waals surface area contributed by atoms with Gasteiger partial charge in [-0.3, -0.25) is 14.5 Å². The molecule has 24 heavy (non-hydrogen) atoms. The smallest absolute Gasteiger partial charge is 0.273 e. The Hall–Kier alpha value is -2.01. The lowest BCUT2D eigenvalue weighted by molar-refractivity contribution is -0.136. The number of unbranched alkanes of at least 4 members (excludes halogenated alkanes) is 3. The highest BCUT2D eigenvalue weighted by Crippen LogP contribution is 2.36. The molecule has 1 aliphatic rings. The summed E-state index contributed by atoms with van der Waals surface area (Å²) >= 11 is 6.16. The first-order chi connectivity index (χ1) is 11.5. The van der Waals surface area contributed by atoms with Crippen LogP contribution < -0.4 is 9.47 Å². The summed E-state index contributed by atoms with van der Waals surface area (Å²) in [6, 6.07) is 5.04. The number of nitrogens with zero attached hydrogens (tertiary/aromatic N) is 1. The second kappa shape index (κ2) is 8.20. The van der Waals surface area contributed by atoms with Gasteiger partial charge in [0.15, 0.2) is 11.5 Å². The summed E-state index contributed by atoms with van der Waals surface area (Å²) < 4.78 is 10.4. The van der Waals surface area contributed by atoms with E-state index in [0.29, 0.717) is 23.6 Å². The van der Waals surface area contributed by atoms with E-state index in [9.17, 15) is 9.59 Å². The normalized spacial score (nSPS) is 14.6. The van der Waals surface area contributed by atoms with Gasteiger partial charge in [-0.2, -0.15) is 0 Å². The van der Waals surface area contributed by atoms with Crippen LogP contribution in [-0.2, 0) is 9.59 Å². The van der Waals surface area contributed by atoms with Crippen LogP contribution in [0, 0.1) is 0 Å². The standard InChI is InChI=1S/C18H22ClNO4/c1-4-5-6-7-10-20-17(21)15(16(19)18(20)22)12-8-9-13(23-2)14(11-12)24-3/h8-9,11H,4-7,10H2,1-3H3. The predicted molar refractivity (Wildman–Crippen MR) is 93.2 cm³/mol. The van der Waals surface area contributed by atoms with E-state index in [2.05, 4.69) is 6.92 Å². The number of methoxy groups -OCH3 is 2. The maximum atomic E-state index is 12.6. The molecule has 0 saturated carbocycles. The summed E-state index contributed by atoms with van der Waals surface area (Å²) in [6.45, 7) is 2.50. The van der Waals surface area contributed by atoms with Crippen LogP contribution in [0.5, 0.6) is 11.5 Å². The van der Waals surface area contributed by atoms with Crippen LogP contribution in [0.25, 0.3) is 5.57 Å². The lowest BCUT2D eigenvalue weighted by Gasteiger charge is -2.15. The molecular formula is C18H22ClNO4. The van der Waals surface area contributed by atoms with Gasteiger partial charge in [0.25, 0.3) is 11.8 Å². The van der Waals surface area contributed by atoms with E-state index >= 15 is 0 Å². The fourth-order valence-corrected chi connectivity index (χ4v) is 2.98. The second-order valence-corrected chi connectivity index (χ2v) is 5.96. The average Bonchev–Trinajstić information content (AvgIpc) is 2.81. The largest absolute Gasteiger partial charge is 0.493 e. The number of halogens is 1. The number of imide groups is 1. The molecule has 5 nitrogen and oxygen atoms in total. The molecule has 2 rings (SSSR count). The zero-order chi connectivity index (χ0) is 17.7. The molecule has 6 heteroatoms. The van der Waals surface area contributed by atoms with Gasteiger partial charge >= 0.3 is 0 Å². The fourth-order valence-electron chi connectivity index (χ4n) is 2.69. The number of amides is 2. The molecule has 0 atom stereocenters. The van der Waals surface area contributed by atoms with Gasteiger partial charge in [0.05, 0.1) is 19.8 Å². The molecule has 0 radical (unpaired) electrons. The summed E-state index contributed by atoms with van der Waals surface area (Å²) in [5.74, 6) is 0.247. The first-order valence-corrected chi connectivity index (χ1v) is 8.41. The molecule has 1 aromatic rings. The third-order valence-electron chi connectivity index (χ3n) is 4.02. The highest BCUT2D eigenvalue weighted by Gasteiger charge is 2.37. The van der Waals surface area contributed by atoms with Gasteiger partial charge in [0.1, 0.15) is 5.03 Å². The molecule has 0 bridgehead atoms. The van der Waals surface area contributed by atoms with Gasteiger partial charge in [-0.15, -0.1) is 0 Å². The number of rotatable bonds is 8. The number of carbonyl (C=O) groups is 2. The minimum absolute atomic E-state index is 0.0392. The zero-order valence-electron chi connectivity index (χ0n) is 14.2. The van der Waals surface area contributed by atoms with Crippen molar-refractivity contribution in [1.29, 1.82) is 0 Å². The third kappa shape index (κ3) is 3.56. The number of ether oxygens (including phenoxy) is 2. The molecule has 0 fully saturated rings. The maximum absolute atomic E-state index is 12.6. The van der Waals surface area contributed by atoms with Crippen LogP contribution in [0.15, 0.2) is 23.2 Å². The van der Waals surface area contributed by atoms with Crippen molar-refractivity contribution in [3.05, 3.63) is 28.8 Å². The van der Waals surface area contributed by atoms with Gasteiger partial charge < -0.3 is 9.47 Å². The Morgan fingerprint density at radius 1 is 1.00 bits per heavy atom. The van der Waals surface area contributed by atoms with E-state index in [1.165, 1.54) is 19.1 Å². The fraction of sp³-hybridized carbons (Fsp3) is 0.444. The Morgan fingerprint density at radius 3 is 2.33 bits per heavy atom. The lowest BCUT2D eigenvalue weighted by atomic mass is 10.1. The Balaban J connectivity index is 2.24. The first kappa shape index (κ1) is 18.3. The maximum Gasteiger partial charge on any atom is 0.273 e. The summed E-state index contributed by atoms with van der Waals surface area (Å²) in [7, 11) is 3.05. The molecule has 0 unspecified atom stereocenters. The quantitative estimate of drug-likeness (QED) is 0.530. The van der Waals surface area contributed by atoms with Gasteiger partial charge in [-0.05, 0) is 24.1 Å². The monoisotopic (exact) mass is 351 g/mol. The predicted octanol–water partition coefficient (Wildman–Crippen LogP) is 3.60. The summed E-state index contributed by atoms with van der Waals surface area (Å²) in [6.07, 6.45) is 3.95. The van der Waals surface area contributed by atoms with Crippen LogP contribution in [0.4, 0.5) is 0 Å². The van der Waals surface area contributed by atoms with E-state index in [1.54, 1.807) is 18.2 Å². The Labute approximate surface area is 147 Å². The molecule has 0 spiro atoms. The van der Waals surface area contributed by atoms with Crippen LogP contribution >= 0.6 is 11.6 Å². The molecule has 0 N–H and O–H groups in total. The summed E-state index contributed by atoms with van der Waals surface area (Å²) in [5, 5.41) is -0.0392. The van der Waals surface area contributed by atoms with Crippen LogP contribution in [-0.4, -0.2) is 37.5 Å². The number of carbonyl (C=O) groups excluding carboxylic acids is 2. The van der Waals surface area contributed by atoms with Gasteiger partial charge in [0, 0.05) is 6.54 Å². The van der Waals surface area contributed by atoms with E-state index in [-0.39, 0.29) is 16.5 Å². The topological polar surface area (TPSA) is 55.8 Å². The van der Waals surface area contributed by atoms with E-state index in [1.807, 2.05) is 0 Å². The van der Waals surface area contributed by atoms with Crippen molar-refractivity contribution in [2.45, 2.75) is 32.6 Å². The highest BCUT2D eigenvalue weighted by atomic mass is 35.5. The van der Waals surface area contributed by atoms with Crippen molar-refractivity contribution < 1.29 is 19.1 Å². The summed E-state index contributed by atoms with van der Waals surface area (Å²) in [5.41, 5.74) is 0.769. The molecule has 1 heterocycles. The van der Waals surface area contributed by atoms with E-state index in [0.717, 1.165) is 25.7 Å². The van der Waals surface area contributed by atoms with Crippen molar-refractivity contribution in [2.75, 3.05) is 20.8 Å². The third-order valence-corrected chi connectivity index (χ3v) is 4.37. The number of benzene rings is 1. The molecule has 130 valence electrons. The van der Waals surface area contributed by atoms with Crippen LogP contribution in [0.3, 0.4) is 0 Å². The molecule has 2 amide bonds. The Morgan fingerprint density at radius 2 is 1.71 bits per heavy atom. The first-order valence-electron chi connectivity index (χ1n) is 8.03. The van der Waals surface area contributed by atoms with Crippen molar-refractivity contribution in [2.24, 2.45) is 0 Å². The average molecular weight is 352 g/mol. The SMILES string of the molecule is CCCCCCN1C(=O)C(Cl)=C(c2ccc(OC)c(OC)c2)C1=O. The Kier molecular flexibility index (Phi) is 6.26. The summed E-state index contributed by atoms with van der Waals surface area (Å²) in [4.78, 5) is 26.2. The minimum Gasteiger partial charge on any atom is -0.493 e. The van der Waals surface area contributed by atoms with Crippen LogP contribution in [0.1, 0.15) is 38.2 Å². The van der Waals surface area contributed by atoms with Crippen molar-refractivity contribution in [1.82, 2.24) is 4.90 Å². The van der Waals surface area contributed by atoms with Crippen molar-refractivity contribution in [3.8, 4) is 11.5 Å². The molecule has 0 aliphatic carbocycles. The second-order valence-electron chi connectivity index (χ2n) is 5.58. The highest BCUT2D eigenvalue weighted by molar-refractivity contribution is 6.55. The van der Waals surface area contributed by atoms with Gasteiger partial charge in [-0.1, -0.05) is 43.9 Å². The van der Waals surface area contributed by atoms with Crippen LogP contribution in [0.2, 0.25) is 0 Å². The van der Waals surface area contributed by atoms with Gasteiger partial charge in [-0.25, -0.2) is 0 Å². The number of hydrogen-bond acceptors (Lipinski definition) is 4. The zero-order valence-corrected chi connectivity index (χ0v) is 15.0. The molecule has 1 aromatic carbocycles. The minimum atomic E-state index is -0.428.